The third-order valence-corrected chi connectivity index (χ3v) is 2.68. The van der Waals surface area contributed by atoms with Crippen LogP contribution < -0.4 is 10.5 Å². The Morgan fingerprint density at radius 3 is 2.72 bits per heavy atom. The lowest BCUT2D eigenvalue weighted by molar-refractivity contribution is 0.338. The van der Waals surface area contributed by atoms with Gasteiger partial charge in [-0.05, 0) is 42.7 Å². The Morgan fingerprint density at radius 1 is 1.22 bits per heavy atom. The zero-order chi connectivity index (χ0) is 12.8. The van der Waals surface area contributed by atoms with Gasteiger partial charge in [0.05, 0.1) is 12.8 Å². The quantitative estimate of drug-likeness (QED) is 0.873. The normalized spacial score (nSPS) is 12.1. The highest BCUT2D eigenvalue weighted by Crippen LogP contribution is 2.19. The van der Waals surface area contributed by atoms with Gasteiger partial charge >= 0.3 is 0 Å². The Labute approximate surface area is 107 Å². The molecular weight excluding hydrogens is 226 g/mol. The van der Waals surface area contributed by atoms with E-state index in [0.717, 1.165) is 17.7 Å². The third-order valence-electron chi connectivity index (χ3n) is 2.68. The fraction of sp³-hybridized carbons (Fsp3) is 0.286. The maximum absolute atomic E-state index is 6.18. The molecule has 2 rings (SSSR count). The largest absolute Gasteiger partial charge is 0.492 e. The number of nitrogens with zero attached hydrogens (tertiary/aromatic N) is 2. The molecule has 0 saturated heterocycles. The number of hydrogen-bond acceptors (Lipinski definition) is 4. The maximum Gasteiger partial charge on any atom is 0.137 e. The zero-order valence-corrected chi connectivity index (χ0v) is 10.4. The van der Waals surface area contributed by atoms with Crippen molar-refractivity contribution in [1.29, 1.82) is 0 Å². The van der Waals surface area contributed by atoms with Crippen molar-refractivity contribution in [3.05, 3.63) is 54.1 Å². The third kappa shape index (κ3) is 3.28. The molecule has 0 spiro atoms. The van der Waals surface area contributed by atoms with E-state index in [1.807, 2.05) is 25.1 Å². The first-order valence-electron chi connectivity index (χ1n) is 6.02. The molecule has 4 heteroatoms. The van der Waals surface area contributed by atoms with Gasteiger partial charge in [-0.3, -0.25) is 9.97 Å². The number of hydrogen-bond donors (Lipinski definition) is 1. The number of pyridine rings is 2. The van der Waals surface area contributed by atoms with Crippen molar-refractivity contribution in [2.24, 2.45) is 5.73 Å². The van der Waals surface area contributed by atoms with Crippen molar-refractivity contribution in [3.8, 4) is 5.75 Å². The van der Waals surface area contributed by atoms with Crippen molar-refractivity contribution >= 4 is 0 Å². The molecule has 4 nitrogen and oxygen atoms in total. The SMILES string of the molecule is CCOc1cncc(C(N)Cc2ccncc2)c1. The monoisotopic (exact) mass is 243 g/mol. The fourth-order valence-corrected chi connectivity index (χ4v) is 1.77. The summed E-state index contributed by atoms with van der Waals surface area (Å²) >= 11 is 0. The lowest BCUT2D eigenvalue weighted by Crippen LogP contribution is -2.13. The first-order valence-corrected chi connectivity index (χ1v) is 6.02. The molecule has 0 aliphatic carbocycles. The van der Waals surface area contributed by atoms with Crippen LogP contribution in [-0.4, -0.2) is 16.6 Å². The Bertz CT molecular complexity index is 487. The summed E-state index contributed by atoms with van der Waals surface area (Å²) in [6.07, 6.45) is 7.80. The molecule has 0 amide bonds. The van der Waals surface area contributed by atoms with Crippen molar-refractivity contribution in [1.82, 2.24) is 9.97 Å². The molecule has 94 valence electrons. The number of ether oxygens (including phenoxy) is 1. The molecule has 1 atom stereocenters. The van der Waals surface area contributed by atoms with E-state index in [4.69, 9.17) is 10.5 Å². The highest BCUT2D eigenvalue weighted by atomic mass is 16.5. The van der Waals surface area contributed by atoms with E-state index < -0.39 is 0 Å². The number of rotatable bonds is 5. The van der Waals surface area contributed by atoms with Crippen molar-refractivity contribution in [2.75, 3.05) is 6.61 Å². The van der Waals surface area contributed by atoms with Gasteiger partial charge in [0, 0.05) is 24.6 Å². The van der Waals surface area contributed by atoms with Crippen LogP contribution in [0.1, 0.15) is 24.1 Å². The Morgan fingerprint density at radius 2 is 2.00 bits per heavy atom. The summed E-state index contributed by atoms with van der Waals surface area (Å²) in [5.41, 5.74) is 8.33. The predicted molar refractivity (Wildman–Crippen MR) is 70.3 cm³/mol. The molecule has 0 aromatic carbocycles. The smallest absolute Gasteiger partial charge is 0.137 e. The van der Waals surface area contributed by atoms with E-state index in [9.17, 15) is 0 Å². The van der Waals surface area contributed by atoms with Crippen LogP contribution in [0.5, 0.6) is 5.75 Å². The molecule has 2 N–H and O–H groups in total. The van der Waals surface area contributed by atoms with Gasteiger partial charge in [-0.25, -0.2) is 0 Å². The van der Waals surface area contributed by atoms with E-state index in [1.54, 1.807) is 24.8 Å². The molecule has 0 aliphatic heterocycles. The molecule has 0 aliphatic rings. The van der Waals surface area contributed by atoms with Gasteiger partial charge in [0.15, 0.2) is 0 Å². The van der Waals surface area contributed by atoms with Gasteiger partial charge in [-0.15, -0.1) is 0 Å². The highest BCUT2D eigenvalue weighted by molar-refractivity contribution is 5.27. The van der Waals surface area contributed by atoms with Gasteiger partial charge in [0.1, 0.15) is 5.75 Å². The van der Waals surface area contributed by atoms with Crippen LogP contribution in [-0.2, 0) is 6.42 Å². The number of aromatic nitrogens is 2. The van der Waals surface area contributed by atoms with Gasteiger partial charge in [0.2, 0.25) is 0 Å². The summed E-state index contributed by atoms with van der Waals surface area (Å²) in [4.78, 5) is 8.14. The first-order chi connectivity index (χ1) is 8.79. The van der Waals surface area contributed by atoms with Crippen molar-refractivity contribution in [3.63, 3.8) is 0 Å². The predicted octanol–water partition coefficient (Wildman–Crippen LogP) is 2.12. The van der Waals surface area contributed by atoms with Gasteiger partial charge in [-0.2, -0.15) is 0 Å². The van der Waals surface area contributed by atoms with Crippen molar-refractivity contribution in [2.45, 2.75) is 19.4 Å². The summed E-state index contributed by atoms with van der Waals surface area (Å²) in [6, 6.07) is 5.81. The Hall–Kier alpha value is -1.94. The van der Waals surface area contributed by atoms with Crippen molar-refractivity contribution < 1.29 is 4.74 Å². The summed E-state index contributed by atoms with van der Waals surface area (Å²) in [7, 11) is 0. The molecule has 0 bridgehead atoms. The molecule has 2 aromatic heterocycles. The van der Waals surface area contributed by atoms with Gasteiger partial charge < -0.3 is 10.5 Å². The lowest BCUT2D eigenvalue weighted by atomic mass is 10.0. The zero-order valence-electron chi connectivity index (χ0n) is 10.4. The molecule has 1 unspecified atom stereocenters. The molecule has 0 saturated carbocycles. The Balaban J connectivity index is 2.08. The topological polar surface area (TPSA) is 61.0 Å². The molecular formula is C14H17N3O. The molecule has 18 heavy (non-hydrogen) atoms. The second kappa shape index (κ2) is 6.12. The summed E-state index contributed by atoms with van der Waals surface area (Å²) in [5, 5.41) is 0. The van der Waals surface area contributed by atoms with Crippen LogP contribution in [0.15, 0.2) is 43.0 Å². The minimum absolute atomic E-state index is 0.0830. The second-order valence-electron chi connectivity index (χ2n) is 4.05. The van der Waals surface area contributed by atoms with E-state index in [1.165, 1.54) is 5.56 Å². The van der Waals surface area contributed by atoms with Crippen LogP contribution in [0.4, 0.5) is 0 Å². The first kappa shape index (κ1) is 12.5. The molecule has 0 radical (unpaired) electrons. The molecule has 2 heterocycles. The van der Waals surface area contributed by atoms with E-state index >= 15 is 0 Å². The van der Waals surface area contributed by atoms with Crippen LogP contribution in [0.25, 0.3) is 0 Å². The average Bonchev–Trinajstić information content (AvgIpc) is 2.40. The van der Waals surface area contributed by atoms with Crippen LogP contribution >= 0.6 is 0 Å². The van der Waals surface area contributed by atoms with Gasteiger partial charge in [0.25, 0.3) is 0 Å². The highest BCUT2D eigenvalue weighted by Gasteiger charge is 2.08. The molecule has 2 aromatic rings. The standard InChI is InChI=1S/C14H17N3O/c1-2-18-13-8-12(9-17-10-13)14(15)7-11-3-5-16-6-4-11/h3-6,8-10,14H,2,7,15H2,1H3. The van der Waals surface area contributed by atoms with Gasteiger partial charge in [-0.1, -0.05) is 0 Å². The fourth-order valence-electron chi connectivity index (χ4n) is 1.77. The maximum atomic E-state index is 6.18. The minimum Gasteiger partial charge on any atom is -0.492 e. The number of nitrogens with two attached hydrogens (primary N) is 1. The minimum atomic E-state index is -0.0830. The lowest BCUT2D eigenvalue weighted by Gasteiger charge is -2.13. The Kier molecular flexibility index (Phi) is 4.25. The van der Waals surface area contributed by atoms with Crippen LogP contribution in [0, 0.1) is 0 Å². The average molecular weight is 243 g/mol. The molecule has 0 fully saturated rings. The summed E-state index contributed by atoms with van der Waals surface area (Å²) in [6.45, 7) is 2.58. The van der Waals surface area contributed by atoms with E-state index in [0.29, 0.717) is 6.61 Å². The summed E-state index contributed by atoms with van der Waals surface area (Å²) < 4.78 is 5.42. The van der Waals surface area contributed by atoms with Crippen LogP contribution in [0.3, 0.4) is 0 Å². The van der Waals surface area contributed by atoms with E-state index in [2.05, 4.69) is 9.97 Å². The summed E-state index contributed by atoms with van der Waals surface area (Å²) in [5.74, 6) is 0.764. The second-order valence-corrected chi connectivity index (χ2v) is 4.05. The van der Waals surface area contributed by atoms with Crippen LogP contribution in [0.2, 0.25) is 0 Å². The van der Waals surface area contributed by atoms with E-state index in [-0.39, 0.29) is 6.04 Å².